The molecule has 2 aliphatic rings. The summed E-state index contributed by atoms with van der Waals surface area (Å²) in [4.78, 5) is 23.4. The number of rotatable bonds is 4. The van der Waals surface area contributed by atoms with E-state index < -0.39 is 6.79 Å². The number of anilines is 1. The second-order valence-corrected chi connectivity index (χ2v) is 8.45. The van der Waals surface area contributed by atoms with E-state index in [4.69, 9.17) is 21.8 Å². The summed E-state index contributed by atoms with van der Waals surface area (Å²) >= 11 is 5.87. The first-order valence-corrected chi connectivity index (χ1v) is 12.8. The van der Waals surface area contributed by atoms with Gasteiger partial charge in [-0.25, -0.2) is 4.79 Å². The minimum Gasteiger partial charge on any atom is -0.371 e. The van der Waals surface area contributed by atoms with E-state index in [1.165, 1.54) is 32.1 Å². The predicted molar refractivity (Wildman–Crippen MR) is 149 cm³/mol. The number of aliphatic hydroxyl groups is 2. The maximum Gasteiger partial charge on any atom is 0.319 e. The van der Waals surface area contributed by atoms with E-state index in [1.807, 2.05) is 74.5 Å². The summed E-state index contributed by atoms with van der Waals surface area (Å²) in [5.74, 6) is 0.0488. The van der Waals surface area contributed by atoms with Crippen LogP contribution in [0.5, 0.6) is 0 Å². The van der Waals surface area contributed by atoms with E-state index in [2.05, 4.69) is 10.6 Å². The van der Waals surface area contributed by atoms with Crippen LogP contribution in [0, 0.1) is 0 Å². The fourth-order valence-electron chi connectivity index (χ4n) is 3.56. The topological polar surface area (TPSA) is 98.7 Å². The van der Waals surface area contributed by atoms with Crippen molar-refractivity contribution in [1.82, 2.24) is 5.32 Å². The molecule has 0 radical (unpaired) electrons. The molecule has 1 atom stereocenters. The standard InChI is InChI=1S/C21H19ClN2O2.C5H10.C2H6.CH4O2/c1-14(25)15-2-4-16(5-3-15)17-6-10-19(11-7-17)23-21(26)24-20-12-8-18(22)9-13-20;1-2-4-5-3-1;1-2;2-1-3/h2-12,20H,13H2,1H3,(H2,23,24,26);1-5H2;1-2H3;2-3H,1H2. The number of hydrogen-bond donors (Lipinski definition) is 4. The van der Waals surface area contributed by atoms with Crippen molar-refractivity contribution in [2.45, 2.75) is 65.3 Å². The van der Waals surface area contributed by atoms with Gasteiger partial charge in [-0.2, -0.15) is 0 Å². The van der Waals surface area contributed by atoms with Crippen LogP contribution >= 0.6 is 11.6 Å². The number of carbonyl (C=O) groups is 2. The fraction of sp³-hybridized carbons (Fsp3) is 0.379. The molecule has 4 N–H and O–H groups in total. The molecule has 0 bridgehead atoms. The highest BCUT2D eigenvalue weighted by atomic mass is 35.5. The predicted octanol–water partition coefficient (Wildman–Crippen LogP) is 7.03. The average molecular weight is 515 g/mol. The van der Waals surface area contributed by atoms with Crippen molar-refractivity contribution in [2.24, 2.45) is 0 Å². The lowest BCUT2D eigenvalue weighted by Gasteiger charge is -2.16. The van der Waals surface area contributed by atoms with E-state index in [1.54, 1.807) is 13.0 Å². The Bertz CT molecular complexity index is 958. The minimum atomic E-state index is -0.750. The second kappa shape index (κ2) is 18.4. The first kappa shape index (κ1) is 31.1. The number of aliphatic hydroxyl groups excluding tert-OH is 1. The first-order chi connectivity index (χ1) is 17.4. The highest BCUT2D eigenvalue weighted by molar-refractivity contribution is 6.31. The van der Waals surface area contributed by atoms with Crippen molar-refractivity contribution >= 4 is 29.1 Å². The van der Waals surface area contributed by atoms with Gasteiger partial charge in [0.1, 0.15) is 6.79 Å². The molecule has 0 aliphatic heterocycles. The molecule has 7 heteroatoms. The summed E-state index contributed by atoms with van der Waals surface area (Å²) in [6, 6.07) is 14.7. The number of nitrogens with one attached hydrogen (secondary N) is 2. The molecule has 196 valence electrons. The average Bonchev–Trinajstić information content (AvgIpc) is 3.48. The van der Waals surface area contributed by atoms with Gasteiger partial charge in [0.25, 0.3) is 0 Å². The summed E-state index contributed by atoms with van der Waals surface area (Å²) < 4.78 is 0. The third-order valence-corrected chi connectivity index (χ3v) is 5.67. The quantitative estimate of drug-likeness (QED) is 0.260. The third kappa shape index (κ3) is 12.2. The van der Waals surface area contributed by atoms with Crippen LogP contribution in [0.2, 0.25) is 0 Å². The highest BCUT2D eigenvalue weighted by Crippen LogP contribution is 2.22. The molecule has 2 aromatic rings. The number of ketones is 1. The van der Waals surface area contributed by atoms with Gasteiger partial charge in [0.15, 0.2) is 5.78 Å². The van der Waals surface area contributed by atoms with Gasteiger partial charge < -0.3 is 20.8 Å². The molecular formula is C29H39ClN2O4. The van der Waals surface area contributed by atoms with E-state index in [0.29, 0.717) is 22.7 Å². The van der Waals surface area contributed by atoms with Gasteiger partial charge >= 0.3 is 6.03 Å². The fourth-order valence-corrected chi connectivity index (χ4v) is 3.73. The number of halogens is 1. The highest BCUT2D eigenvalue weighted by Gasteiger charge is 2.11. The summed E-state index contributed by atoms with van der Waals surface area (Å²) in [6.45, 7) is 4.80. The number of hydrogen-bond acceptors (Lipinski definition) is 4. The zero-order chi connectivity index (χ0) is 26.8. The van der Waals surface area contributed by atoms with Gasteiger partial charge in [-0.05, 0) is 42.7 Å². The number of amides is 2. The molecule has 0 spiro atoms. The Kier molecular flexibility index (Phi) is 15.9. The van der Waals surface area contributed by atoms with E-state index in [-0.39, 0.29) is 17.9 Å². The molecule has 1 fully saturated rings. The van der Waals surface area contributed by atoms with Crippen LogP contribution < -0.4 is 10.6 Å². The van der Waals surface area contributed by atoms with Crippen molar-refractivity contribution in [3.8, 4) is 11.1 Å². The van der Waals surface area contributed by atoms with Gasteiger partial charge in [0.05, 0.1) is 6.04 Å². The Labute approximate surface area is 220 Å². The van der Waals surface area contributed by atoms with Crippen molar-refractivity contribution in [3.63, 3.8) is 0 Å². The minimum absolute atomic E-state index is 0.0488. The summed E-state index contributed by atoms with van der Waals surface area (Å²) in [5, 5.41) is 20.6. The number of allylic oxidation sites excluding steroid dienone is 2. The van der Waals surface area contributed by atoms with E-state index in [9.17, 15) is 9.59 Å². The van der Waals surface area contributed by atoms with Crippen molar-refractivity contribution in [3.05, 3.63) is 77.4 Å². The Morgan fingerprint density at radius 3 is 1.78 bits per heavy atom. The maximum atomic E-state index is 12.1. The Morgan fingerprint density at radius 1 is 0.889 bits per heavy atom. The third-order valence-electron chi connectivity index (χ3n) is 5.39. The van der Waals surface area contributed by atoms with Crippen molar-refractivity contribution in [2.75, 3.05) is 12.1 Å². The molecule has 2 aliphatic carbocycles. The molecule has 36 heavy (non-hydrogen) atoms. The van der Waals surface area contributed by atoms with Crippen LogP contribution in [-0.4, -0.2) is 34.9 Å². The maximum absolute atomic E-state index is 12.1. The number of benzene rings is 2. The molecule has 0 aromatic heterocycles. The van der Waals surface area contributed by atoms with Crippen molar-refractivity contribution < 1.29 is 19.8 Å². The van der Waals surface area contributed by atoms with Gasteiger partial charge in [-0.1, -0.05) is 106 Å². The van der Waals surface area contributed by atoms with Gasteiger partial charge in [-0.3, -0.25) is 4.79 Å². The molecule has 2 amide bonds. The van der Waals surface area contributed by atoms with Crippen LogP contribution in [0.3, 0.4) is 0 Å². The monoisotopic (exact) mass is 514 g/mol. The lowest BCUT2D eigenvalue weighted by Crippen LogP contribution is -2.37. The SMILES string of the molecule is C1CCCC1.CC.CC(=O)c1ccc(-c2ccc(NC(=O)NC3C=CC(Cl)=CC3)cc2)cc1.OCO. The number of Topliss-reactive ketones (excluding diaryl/α,β-unsaturated/α-hetero) is 1. The lowest BCUT2D eigenvalue weighted by atomic mass is 10.0. The van der Waals surface area contributed by atoms with Crippen molar-refractivity contribution in [1.29, 1.82) is 0 Å². The molecule has 1 saturated carbocycles. The van der Waals surface area contributed by atoms with E-state index in [0.717, 1.165) is 11.1 Å². The molecule has 6 nitrogen and oxygen atoms in total. The molecule has 2 aromatic carbocycles. The van der Waals surface area contributed by atoms with Crippen LogP contribution in [0.1, 0.15) is 69.7 Å². The molecule has 4 rings (SSSR count). The Balaban J connectivity index is 0.000000549. The smallest absolute Gasteiger partial charge is 0.319 e. The van der Waals surface area contributed by atoms with Crippen LogP contribution in [0.15, 0.2) is 71.8 Å². The Hall–Kier alpha value is -2.93. The molecule has 0 heterocycles. The van der Waals surface area contributed by atoms with Gasteiger partial charge in [0.2, 0.25) is 0 Å². The van der Waals surface area contributed by atoms with Gasteiger partial charge in [0, 0.05) is 16.3 Å². The first-order valence-electron chi connectivity index (χ1n) is 12.5. The zero-order valence-electron chi connectivity index (χ0n) is 21.5. The Morgan fingerprint density at radius 2 is 1.36 bits per heavy atom. The summed E-state index contributed by atoms with van der Waals surface area (Å²) in [7, 11) is 0. The van der Waals surface area contributed by atoms with Crippen LogP contribution in [0.4, 0.5) is 10.5 Å². The largest absolute Gasteiger partial charge is 0.371 e. The molecule has 1 unspecified atom stereocenters. The van der Waals surface area contributed by atoms with Gasteiger partial charge in [-0.15, -0.1) is 0 Å². The second-order valence-electron chi connectivity index (χ2n) is 8.01. The summed E-state index contributed by atoms with van der Waals surface area (Å²) in [5.41, 5.74) is 3.43. The van der Waals surface area contributed by atoms with Crippen LogP contribution in [-0.2, 0) is 0 Å². The molecule has 0 saturated heterocycles. The number of urea groups is 1. The summed E-state index contributed by atoms with van der Waals surface area (Å²) in [6.07, 6.45) is 13.7. The van der Waals surface area contributed by atoms with Crippen LogP contribution in [0.25, 0.3) is 11.1 Å². The lowest BCUT2D eigenvalue weighted by molar-refractivity contribution is 0.0773. The zero-order valence-corrected chi connectivity index (χ0v) is 22.2. The molecular weight excluding hydrogens is 476 g/mol. The van der Waals surface area contributed by atoms with E-state index >= 15 is 0 Å². The normalized spacial score (nSPS) is 15.5. The number of carbonyl (C=O) groups excluding carboxylic acids is 2.